The van der Waals surface area contributed by atoms with Gasteiger partial charge in [0.1, 0.15) is 5.60 Å². The SMILES string of the molecule is Cc1c(Br)cc(CN(C(=O)C2CNCC[C@@]23OCc2cc(F)c(F)cc23)C2CC2)cc1CCCO. The Kier molecular flexibility index (Phi) is 7.00. The first kappa shape index (κ1) is 24.8. The summed E-state index contributed by atoms with van der Waals surface area (Å²) in [6, 6.07) is 6.81. The van der Waals surface area contributed by atoms with E-state index in [-0.39, 0.29) is 25.2 Å². The molecule has 0 bridgehead atoms. The maximum atomic E-state index is 14.3. The summed E-state index contributed by atoms with van der Waals surface area (Å²) in [6.45, 7) is 3.92. The molecular formula is C27H31BrF2N2O3. The van der Waals surface area contributed by atoms with Crippen LogP contribution in [0, 0.1) is 24.5 Å². The molecule has 2 fully saturated rings. The third-order valence-corrected chi connectivity index (χ3v) is 8.53. The predicted molar refractivity (Wildman–Crippen MR) is 132 cm³/mol. The minimum atomic E-state index is -0.945. The molecule has 2 N–H and O–H groups in total. The van der Waals surface area contributed by atoms with Crippen LogP contribution in [0.5, 0.6) is 0 Å². The van der Waals surface area contributed by atoms with Crippen molar-refractivity contribution in [2.45, 2.75) is 63.8 Å². The van der Waals surface area contributed by atoms with Gasteiger partial charge in [0.05, 0.1) is 12.5 Å². The molecule has 0 radical (unpaired) electrons. The summed E-state index contributed by atoms with van der Waals surface area (Å²) in [5.41, 5.74) is 3.63. The zero-order chi connectivity index (χ0) is 24.7. The molecule has 1 saturated heterocycles. The quantitative estimate of drug-likeness (QED) is 0.535. The lowest BCUT2D eigenvalue weighted by Crippen LogP contribution is -2.55. The Hall–Kier alpha value is -1.87. The highest BCUT2D eigenvalue weighted by molar-refractivity contribution is 9.10. The van der Waals surface area contributed by atoms with Gasteiger partial charge in [-0.15, -0.1) is 0 Å². The number of aliphatic hydroxyl groups is 1. The molecule has 2 atom stereocenters. The van der Waals surface area contributed by atoms with Gasteiger partial charge in [0.2, 0.25) is 5.91 Å². The number of nitrogens with one attached hydrogen (secondary N) is 1. The van der Waals surface area contributed by atoms with Gasteiger partial charge < -0.3 is 20.1 Å². The van der Waals surface area contributed by atoms with E-state index < -0.39 is 23.2 Å². The lowest BCUT2D eigenvalue weighted by Gasteiger charge is -2.43. The standard InChI is InChI=1S/C27H31BrF2N2O3/c1-16-18(3-2-8-33)9-17(10-23(16)28)14-32(20-4-5-20)26(34)22-13-31-7-6-27(22)21-12-25(30)24(29)11-19(21)15-35-27/h9-12,20,22,31,33H,2-8,13-15H2,1H3/t22?,27-/m0/s1. The van der Waals surface area contributed by atoms with Gasteiger partial charge in [-0.2, -0.15) is 0 Å². The molecule has 2 aliphatic heterocycles. The number of carbonyl (C=O) groups excluding carboxylic acids is 1. The first-order valence-corrected chi connectivity index (χ1v) is 13.2. The van der Waals surface area contributed by atoms with Crippen LogP contribution in [0.2, 0.25) is 0 Å². The molecule has 5 rings (SSSR count). The van der Waals surface area contributed by atoms with Crippen LogP contribution < -0.4 is 5.32 Å². The van der Waals surface area contributed by atoms with E-state index in [4.69, 9.17) is 4.74 Å². The maximum Gasteiger partial charge on any atom is 0.230 e. The van der Waals surface area contributed by atoms with E-state index in [0.29, 0.717) is 43.6 Å². The first-order valence-electron chi connectivity index (χ1n) is 12.4. The molecule has 3 aliphatic rings. The normalized spacial score (nSPS) is 23.5. The fraction of sp³-hybridized carbons (Fsp3) is 0.519. The predicted octanol–water partition coefficient (Wildman–Crippen LogP) is 4.49. The zero-order valence-electron chi connectivity index (χ0n) is 19.9. The van der Waals surface area contributed by atoms with Crippen LogP contribution in [0.1, 0.15) is 53.5 Å². The Morgan fingerprint density at radius 1 is 1.26 bits per heavy atom. The number of hydrogen-bond donors (Lipinski definition) is 2. The van der Waals surface area contributed by atoms with E-state index >= 15 is 0 Å². The first-order chi connectivity index (χ1) is 16.8. The van der Waals surface area contributed by atoms with Crippen molar-refractivity contribution in [3.63, 3.8) is 0 Å². The lowest BCUT2D eigenvalue weighted by molar-refractivity contribution is -0.157. The second kappa shape index (κ2) is 9.88. The summed E-state index contributed by atoms with van der Waals surface area (Å²) < 4.78 is 35.4. The lowest BCUT2D eigenvalue weighted by atomic mass is 9.75. The Bertz CT molecular complexity index is 1140. The molecule has 1 amide bonds. The molecule has 2 aromatic carbocycles. The topological polar surface area (TPSA) is 61.8 Å². The van der Waals surface area contributed by atoms with Crippen LogP contribution in [0.25, 0.3) is 0 Å². The van der Waals surface area contributed by atoms with Crippen LogP contribution in [-0.2, 0) is 34.7 Å². The number of fused-ring (bicyclic) bond motifs is 2. The average Bonchev–Trinajstić information content (AvgIpc) is 3.64. The molecule has 35 heavy (non-hydrogen) atoms. The van der Waals surface area contributed by atoms with Crippen molar-refractivity contribution in [2.75, 3.05) is 19.7 Å². The molecule has 5 nitrogen and oxygen atoms in total. The van der Waals surface area contributed by atoms with Crippen LogP contribution in [0.15, 0.2) is 28.7 Å². The van der Waals surface area contributed by atoms with Crippen LogP contribution >= 0.6 is 15.9 Å². The molecule has 2 aromatic rings. The second-order valence-corrected chi connectivity index (χ2v) is 10.8. The van der Waals surface area contributed by atoms with Gasteiger partial charge in [0, 0.05) is 30.2 Å². The summed E-state index contributed by atoms with van der Waals surface area (Å²) in [5, 5.41) is 12.6. The van der Waals surface area contributed by atoms with Crippen molar-refractivity contribution < 1.29 is 23.4 Å². The van der Waals surface area contributed by atoms with Gasteiger partial charge in [-0.05, 0) is 91.6 Å². The van der Waals surface area contributed by atoms with E-state index in [9.17, 15) is 18.7 Å². The minimum Gasteiger partial charge on any atom is -0.396 e. The van der Waals surface area contributed by atoms with Crippen LogP contribution in [0.4, 0.5) is 8.78 Å². The minimum absolute atomic E-state index is 0.00844. The zero-order valence-corrected chi connectivity index (χ0v) is 21.5. The van der Waals surface area contributed by atoms with Crippen molar-refractivity contribution in [3.05, 3.63) is 68.2 Å². The third-order valence-electron chi connectivity index (χ3n) is 7.71. The average molecular weight is 549 g/mol. The van der Waals surface area contributed by atoms with Gasteiger partial charge in [0.15, 0.2) is 11.6 Å². The molecule has 2 heterocycles. The summed E-state index contributed by atoms with van der Waals surface area (Å²) in [5.74, 6) is -2.32. The van der Waals surface area contributed by atoms with Gasteiger partial charge >= 0.3 is 0 Å². The molecule has 188 valence electrons. The van der Waals surface area contributed by atoms with Crippen molar-refractivity contribution >= 4 is 21.8 Å². The molecule has 0 aromatic heterocycles. The van der Waals surface area contributed by atoms with Crippen LogP contribution in [0.3, 0.4) is 0 Å². The monoisotopic (exact) mass is 548 g/mol. The maximum absolute atomic E-state index is 14.3. The Morgan fingerprint density at radius 2 is 2.03 bits per heavy atom. The number of aryl methyl sites for hydroxylation is 1. The summed E-state index contributed by atoms with van der Waals surface area (Å²) in [7, 11) is 0. The number of rotatable bonds is 7. The third kappa shape index (κ3) is 4.66. The Labute approximate surface area is 213 Å². The van der Waals surface area contributed by atoms with Crippen molar-refractivity contribution in [2.24, 2.45) is 5.92 Å². The van der Waals surface area contributed by atoms with Crippen LogP contribution in [-0.4, -0.2) is 41.7 Å². The number of benzene rings is 2. The number of hydrogen-bond acceptors (Lipinski definition) is 4. The fourth-order valence-corrected chi connectivity index (χ4v) is 6.16. The number of piperidine rings is 1. The van der Waals surface area contributed by atoms with Crippen molar-refractivity contribution in [1.82, 2.24) is 10.2 Å². The van der Waals surface area contributed by atoms with Crippen molar-refractivity contribution in [1.29, 1.82) is 0 Å². The molecule has 1 spiro atoms. The summed E-state index contributed by atoms with van der Waals surface area (Å²) in [6.07, 6.45) is 3.91. The Balaban J connectivity index is 1.46. The van der Waals surface area contributed by atoms with E-state index in [2.05, 4.69) is 40.3 Å². The second-order valence-electron chi connectivity index (χ2n) is 9.99. The van der Waals surface area contributed by atoms with E-state index in [0.717, 1.165) is 40.4 Å². The number of aliphatic hydroxyl groups excluding tert-OH is 1. The highest BCUT2D eigenvalue weighted by atomic mass is 79.9. The van der Waals surface area contributed by atoms with Gasteiger partial charge in [-0.1, -0.05) is 22.0 Å². The number of nitrogens with zero attached hydrogens (tertiary/aromatic N) is 1. The highest BCUT2D eigenvalue weighted by Crippen LogP contribution is 2.48. The largest absolute Gasteiger partial charge is 0.396 e. The summed E-state index contributed by atoms with van der Waals surface area (Å²) >= 11 is 3.66. The van der Waals surface area contributed by atoms with Gasteiger partial charge in [0.25, 0.3) is 0 Å². The summed E-state index contributed by atoms with van der Waals surface area (Å²) in [4.78, 5) is 16.1. The number of halogens is 3. The molecular weight excluding hydrogens is 518 g/mol. The van der Waals surface area contributed by atoms with Gasteiger partial charge in [-0.25, -0.2) is 8.78 Å². The number of amides is 1. The molecule has 1 saturated carbocycles. The van der Waals surface area contributed by atoms with E-state index in [1.807, 2.05) is 4.90 Å². The van der Waals surface area contributed by atoms with E-state index in [1.54, 1.807) is 0 Å². The highest BCUT2D eigenvalue weighted by Gasteiger charge is 2.53. The Morgan fingerprint density at radius 3 is 2.77 bits per heavy atom. The van der Waals surface area contributed by atoms with Crippen molar-refractivity contribution in [3.8, 4) is 0 Å². The fourth-order valence-electron chi connectivity index (χ4n) is 5.62. The number of ether oxygens (including phenoxy) is 1. The molecule has 8 heteroatoms. The van der Waals surface area contributed by atoms with E-state index in [1.165, 1.54) is 12.1 Å². The number of carbonyl (C=O) groups is 1. The smallest absolute Gasteiger partial charge is 0.230 e. The molecule has 1 unspecified atom stereocenters. The molecule has 1 aliphatic carbocycles. The van der Waals surface area contributed by atoms with Gasteiger partial charge in [-0.3, -0.25) is 4.79 Å².